The largest absolute Gasteiger partial charge is 0.385 e. The molecule has 0 unspecified atom stereocenters. The zero-order valence-corrected chi connectivity index (χ0v) is 16.6. The maximum atomic E-state index is 12.6. The first-order chi connectivity index (χ1) is 13.2. The SMILES string of the molecule is CCN(C(=O)CCNc1ccc(N2CCCCC2)cc1)c1cccc(C)c1. The molecule has 0 saturated carbocycles. The van der Waals surface area contributed by atoms with Crippen molar-refractivity contribution in [1.82, 2.24) is 0 Å². The first-order valence-corrected chi connectivity index (χ1v) is 10.1. The van der Waals surface area contributed by atoms with Crippen LogP contribution in [0.3, 0.4) is 0 Å². The molecule has 2 aromatic rings. The van der Waals surface area contributed by atoms with E-state index in [4.69, 9.17) is 0 Å². The zero-order valence-electron chi connectivity index (χ0n) is 16.6. The van der Waals surface area contributed by atoms with Gasteiger partial charge in [-0.3, -0.25) is 4.79 Å². The Hall–Kier alpha value is -2.49. The number of aryl methyl sites for hydroxylation is 1. The molecule has 0 spiro atoms. The highest BCUT2D eigenvalue weighted by Crippen LogP contribution is 2.22. The van der Waals surface area contributed by atoms with E-state index in [1.807, 2.05) is 24.0 Å². The second-order valence-corrected chi connectivity index (χ2v) is 7.25. The number of hydrogen-bond donors (Lipinski definition) is 1. The van der Waals surface area contributed by atoms with Crippen molar-refractivity contribution in [3.05, 3.63) is 54.1 Å². The van der Waals surface area contributed by atoms with E-state index in [-0.39, 0.29) is 5.91 Å². The number of rotatable bonds is 7. The molecule has 1 amide bonds. The number of nitrogens with one attached hydrogen (secondary N) is 1. The quantitative estimate of drug-likeness (QED) is 0.762. The normalized spacial score (nSPS) is 14.1. The fourth-order valence-electron chi connectivity index (χ4n) is 3.69. The van der Waals surface area contributed by atoms with Gasteiger partial charge in [-0.15, -0.1) is 0 Å². The third kappa shape index (κ3) is 5.25. The van der Waals surface area contributed by atoms with E-state index in [2.05, 4.69) is 53.5 Å². The molecule has 1 aliphatic heterocycles. The zero-order chi connectivity index (χ0) is 19.1. The molecule has 1 fully saturated rings. The average Bonchev–Trinajstić information content (AvgIpc) is 2.70. The van der Waals surface area contributed by atoms with Crippen LogP contribution >= 0.6 is 0 Å². The Morgan fingerprint density at radius 3 is 2.48 bits per heavy atom. The van der Waals surface area contributed by atoms with Gasteiger partial charge < -0.3 is 15.1 Å². The van der Waals surface area contributed by atoms with E-state index in [1.54, 1.807) is 0 Å². The topological polar surface area (TPSA) is 35.6 Å². The molecule has 27 heavy (non-hydrogen) atoms. The number of amides is 1. The number of nitrogens with zero attached hydrogens (tertiary/aromatic N) is 2. The van der Waals surface area contributed by atoms with Gasteiger partial charge in [-0.2, -0.15) is 0 Å². The second-order valence-electron chi connectivity index (χ2n) is 7.25. The van der Waals surface area contributed by atoms with Crippen LogP contribution in [-0.4, -0.2) is 32.1 Å². The van der Waals surface area contributed by atoms with Crippen LogP contribution in [0.25, 0.3) is 0 Å². The van der Waals surface area contributed by atoms with Gasteiger partial charge in [-0.05, 0) is 75.1 Å². The van der Waals surface area contributed by atoms with Crippen LogP contribution in [0, 0.1) is 6.92 Å². The van der Waals surface area contributed by atoms with Crippen LogP contribution in [0.4, 0.5) is 17.1 Å². The predicted molar refractivity (Wildman–Crippen MR) is 115 cm³/mol. The molecule has 1 heterocycles. The van der Waals surface area contributed by atoms with E-state index in [0.29, 0.717) is 19.5 Å². The molecule has 4 heteroatoms. The van der Waals surface area contributed by atoms with E-state index >= 15 is 0 Å². The molecular weight excluding hydrogens is 334 g/mol. The summed E-state index contributed by atoms with van der Waals surface area (Å²) in [5, 5.41) is 3.38. The van der Waals surface area contributed by atoms with Crippen molar-refractivity contribution in [2.45, 2.75) is 39.5 Å². The molecule has 0 atom stereocenters. The van der Waals surface area contributed by atoms with Gasteiger partial charge in [0, 0.05) is 49.7 Å². The summed E-state index contributed by atoms with van der Waals surface area (Å²) in [5.41, 5.74) is 4.52. The van der Waals surface area contributed by atoms with Gasteiger partial charge in [0.2, 0.25) is 5.91 Å². The van der Waals surface area contributed by atoms with Gasteiger partial charge in [0.15, 0.2) is 0 Å². The minimum absolute atomic E-state index is 0.153. The molecular formula is C23H31N3O. The van der Waals surface area contributed by atoms with E-state index in [0.717, 1.165) is 24.5 Å². The third-order valence-electron chi connectivity index (χ3n) is 5.19. The molecule has 0 aromatic heterocycles. The number of carbonyl (C=O) groups is 1. The molecule has 144 valence electrons. The standard InChI is InChI=1S/C23H31N3O/c1-3-26(22-9-7-8-19(2)18-22)23(27)14-15-24-20-10-12-21(13-11-20)25-16-5-4-6-17-25/h7-13,18,24H,3-6,14-17H2,1-2H3. The van der Waals surface area contributed by atoms with Crippen molar-refractivity contribution in [3.8, 4) is 0 Å². The van der Waals surface area contributed by atoms with Crippen molar-refractivity contribution < 1.29 is 4.79 Å². The van der Waals surface area contributed by atoms with Gasteiger partial charge >= 0.3 is 0 Å². The van der Waals surface area contributed by atoms with Crippen LogP contribution in [-0.2, 0) is 4.79 Å². The molecule has 0 radical (unpaired) electrons. The van der Waals surface area contributed by atoms with Crippen molar-refractivity contribution in [1.29, 1.82) is 0 Å². The van der Waals surface area contributed by atoms with Gasteiger partial charge in [-0.1, -0.05) is 12.1 Å². The molecule has 1 aliphatic rings. The van der Waals surface area contributed by atoms with Crippen molar-refractivity contribution in [3.63, 3.8) is 0 Å². The first-order valence-electron chi connectivity index (χ1n) is 10.1. The monoisotopic (exact) mass is 365 g/mol. The number of piperidine rings is 1. The fourth-order valence-corrected chi connectivity index (χ4v) is 3.69. The summed E-state index contributed by atoms with van der Waals surface area (Å²) in [7, 11) is 0. The van der Waals surface area contributed by atoms with Crippen LogP contribution in [0.1, 0.15) is 38.2 Å². The highest BCUT2D eigenvalue weighted by Gasteiger charge is 2.14. The van der Waals surface area contributed by atoms with Crippen molar-refractivity contribution in [2.75, 3.05) is 41.3 Å². The molecule has 4 nitrogen and oxygen atoms in total. The highest BCUT2D eigenvalue weighted by molar-refractivity contribution is 5.93. The highest BCUT2D eigenvalue weighted by atomic mass is 16.2. The maximum Gasteiger partial charge on any atom is 0.228 e. The molecule has 2 aromatic carbocycles. The second kappa shape index (κ2) is 9.45. The fraction of sp³-hybridized carbons (Fsp3) is 0.435. The molecule has 1 saturated heterocycles. The minimum Gasteiger partial charge on any atom is -0.385 e. The van der Waals surface area contributed by atoms with Crippen LogP contribution in [0.2, 0.25) is 0 Å². The number of benzene rings is 2. The summed E-state index contributed by atoms with van der Waals surface area (Å²) < 4.78 is 0. The average molecular weight is 366 g/mol. The van der Waals surface area contributed by atoms with Gasteiger partial charge in [0.1, 0.15) is 0 Å². The van der Waals surface area contributed by atoms with Crippen molar-refractivity contribution >= 4 is 23.0 Å². The Kier molecular flexibility index (Phi) is 6.74. The van der Waals surface area contributed by atoms with E-state index < -0.39 is 0 Å². The predicted octanol–water partition coefficient (Wildman–Crippen LogP) is 4.84. The van der Waals surface area contributed by atoms with E-state index in [1.165, 1.54) is 30.5 Å². The Labute approximate surface area is 163 Å². The maximum absolute atomic E-state index is 12.6. The summed E-state index contributed by atoms with van der Waals surface area (Å²) >= 11 is 0. The number of hydrogen-bond acceptors (Lipinski definition) is 3. The number of anilines is 3. The molecule has 1 N–H and O–H groups in total. The lowest BCUT2D eigenvalue weighted by Gasteiger charge is -2.28. The smallest absolute Gasteiger partial charge is 0.228 e. The molecule has 0 aliphatic carbocycles. The lowest BCUT2D eigenvalue weighted by molar-refractivity contribution is -0.118. The van der Waals surface area contributed by atoms with E-state index in [9.17, 15) is 4.79 Å². The number of carbonyl (C=O) groups excluding carboxylic acids is 1. The summed E-state index contributed by atoms with van der Waals surface area (Å²) in [6.07, 6.45) is 4.41. The third-order valence-corrected chi connectivity index (χ3v) is 5.19. The lowest BCUT2D eigenvalue weighted by Crippen LogP contribution is -2.31. The van der Waals surface area contributed by atoms with Crippen LogP contribution in [0.15, 0.2) is 48.5 Å². The first kappa shape index (κ1) is 19.3. The van der Waals surface area contributed by atoms with Crippen LogP contribution < -0.4 is 15.1 Å². The van der Waals surface area contributed by atoms with Gasteiger partial charge in [-0.25, -0.2) is 0 Å². The van der Waals surface area contributed by atoms with Crippen molar-refractivity contribution in [2.24, 2.45) is 0 Å². The van der Waals surface area contributed by atoms with Gasteiger partial charge in [0.05, 0.1) is 0 Å². The Morgan fingerprint density at radius 2 is 1.81 bits per heavy atom. The summed E-state index contributed by atoms with van der Waals surface area (Å²) in [6, 6.07) is 16.7. The Bertz CT molecular complexity index is 736. The lowest BCUT2D eigenvalue weighted by atomic mass is 10.1. The molecule has 3 rings (SSSR count). The summed E-state index contributed by atoms with van der Waals surface area (Å²) in [5.74, 6) is 0.153. The summed E-state index contributed by atoms with van der Waals surface area (Å²) in [4.78, 5) is 16.9. The Morgan fingerprint density at radius 1 is 1.07 bits per heavy atom. The van der Waals surface area contributed by atoms with Crippen LogP contribution in [0.5, 0.6) is 0 Å². The van der Waals surface area contributed by atoms with Gasteiger partial charge in [0.25, 0.3) is 0 Å². The molecule has 0 bridgehead atoms. The summed E-state index contributed by atoms with van der Waals surface area (Å²) in [6.45, 7) is 7.72. The Balaban J connectivity index is 1.50. The minimum atomic E-state index is 0.153.